The van der Waals surface area contributed by atoms with Crippen LogP contribution in [0.3, 0.4) is 0 Å². The molecule has 1 aromatic carbocycles. The van der Waals surface area contributed by atoms with Crippen LogP contribution in [0.15, 0.2) is 22.7 Å². The van der Waals surface area contributed by atoms with Gasteiger partial charge in [0, 0.05) is 18.7 Å². The van der Waals surface area contributed by atoms with Crippen LogP contribution in [0.1, 0.15) is 49.9 Å². The van der Waals surface area contributed by atoms with Crippen molar-refractivity contribution in [3.05, 3.63) is 28.2 Å². The lowest BCUT2D eigenvalue weighted by Gasteiger charge is -2.32. The molecule has 0 unspecified atom stereocenters. The van der Waals surface area contributed by atoms with Crippen molar-refractivity contribution in [1.82, 2.24) is 10.2 Å². The Bertz CT molecular complexity index is 705. The van der Waals surface area contributed by atoms with E-state index in [2.05, 4.69) is 28.2 Å². The number of esters is 1. The zero-order chi connectivity index (χ0) is 20.5. The molecule has 0 spiro atoms. The van der Waals surface area contributed by atoms with Crippen molar-refractivity contribution in [2.45, 2.75) is 39.5 Å². The molecule has 0 atom stereocenters. The van der Waals surface area contributed by atoms with Gasteiger partial charge in [-0.25, -0.2) is 0 Å². The standard InChI is InChI=1S/C20H27BrN2O4S/c1-3-5-12-27-17-7-6-15(13-16(17)21)18(24)22-20(28)23-10-8-14(9-11-23)19(25)26-4-2/h6-7,13-14H,3-5,8-12H2,1-2H3,(H,22,24,28). The quantitative estimate of drug-likeness (QED) is 0.370. The van der Waals surface area contributed by atoms with Gasteiger partial charge in [-0.15, -0.1) is 0 Å². The molecule has 1 fully saturated rings. The van der Waals surface area contributed by atoms with Crippen LogP contribution in [0.5, 0.6) is 5.75 Å². The van der Waals surface area contributed by atoms with E-state index in [1.807, 2.05) is 4.90 Å². The lowest BCUT2D eigenvalue weighted by Crippen LogP contribution is -2.47. The minimum absolute atomic E-state index is 0.0918. The normalized spacial score (nSPS) is 14.5. The minimum atomic E-state index is -0.265. The zero-order valence-electron chi connectivity index (χ0n) is 16.3. The van der Waals surface area contributed by atoms with Crippen molar-refractivity contribution in [3.8, 4) is 5.75 Å². The van der Waals surface area contributed by atoms with Gasteiger partial charge in [-0.2, -0.15) is 0 Å². The first-order chi connectivity index (χ1) is 13.5. The molecule has 0 saturated carbocycles. The van der Waals surface area contributed by atoms with Crippen LogP contribution < -0.4 is 10.1 Å². The number of benzene rings is 1. The van der Waals surface area contributed by atoms with Crippen LogP contribution in [-0.2, 0) is 9.53 Å². The number of unbranched alkanes of at least 4 members (excludes halogenated alkanes) is 1. The van der Waals surface area contributed by atoms with Crippen molar-refractivity contribution in [2.75, 3.05) is 26.3 Å². The number of rotatable bonds is 7. The highest BCUT2D eigenvalue weighted by Gasteiger charge is 2.27. The smallest absolute Gasteiger partial charge is 0.309 e. The average Bonchev–Trinajstić information content (AvgIpc) is 2.69. The number of carbonyl (C=O) groups excluding carboxylic acids is 2. The van der Waals surface area contributed by atoms with Crippen LogP contribution >= 0.6 is 28.1 Å². The summed E-state index contributed by atoms with van der Waals surface area (Å²) in [5, 5.41) is 3.16. The molecular formula is C20H27BrN2O4S. The lowest BCUT2D eigenvalue weighted by atomic mass is 9.97. The van der Waals surface area contributed by atoms with Gasteiger partial charge in [0.25, 0.3) is 5.91 Å². The topological polar surface area (TPSA) is 67.9 Å². The molecule has 0 aliphatic carbocycles. The Morgan fingerprint density at radius 2 is 2.00 bits per heavy atom. The predicted octanol–water partition coefficient (Wildman–Crippen LogP) is 3.92. The third-order valence-electron chi connectivity index (χ3n) is 4.57. The number of thiocarbonyl (C=S) groups is 1. The fourth-order valence-corrected chi connectivity index (χ4v) is 3.68. The van der Waals surface area contributed by atoms with E-state index in [1.54, 1.807) is 25.1 Å². The molecule has 1 N–H and O–H groups in total. The Kier molecular flexibility index (Phi) is 9.18. The molecule has 0 radical (unpaired) electrons. The number of nitrogens with one attached hydrogen (secondary N) is 1. The Balaban J connectivity index is 1.86. The van der Waals surface area contributed by atoms with E-state index in [-0.39, 0.29) is 17.8 Å². The number of likely N-dealkylation sites (tertiary alicyclic amines) is 1. The minimum Gasteiger partial charge on any atom is -0.492 e. The Morgan fingerprint density at radius 3 is 2.61 bits per heavy atom. The molecule has 154 valence electrons. The highest BCUT2D eigenvalue weighted by Crippen LogP contribution is 2.26. The molecule has 0 bridgehead atoms. The molecular weight excluding hydrogens is 444 g/mol. The highest BCUT2D eigenvalue weighted by molar-refractivity contribution is 9.10. The van der Waals surface area contributed by atoms with Crippen LogP contribution in [0, 0.1) is 5.92 Å². The Hall–Kier alpha value is -1.67. The second-order valence-electron chi connectivity index (χ2n) is 6.62. The number of hydrogen-bond donors (Lipinski definition) is 1. The largest absolute Gasteiger partial charge is 0.492 e. The van der Waals surface area contributed by atoms with E-state index >= 15 is 0 Å². The number of carbonyl (C=O) groups is 2. The van der Waals surface area contributed by atoms with Gasteiger partial charge in [0.1, 0.15) is 5.75 Å². The van der Waals surface area contributed by atoms with Gasteiger partial charge in [0.05, 0.1) is 23.6 Å². The van der Waals surface area contributed by atoms with Crippen LogP contribution in [0.4, 0.5) is 0 Å². The summed E-state index contributed by atoms with van der Waals surface area (Å²) in [6.07, 6.45) is 3.39. The number of halogens is 1. The van der Waals surface area contributed by atoms with Gasteiger partial charge in [-0.1, -0.05) is 13.3 Å². The second-order valence-corrected chi connectivity index (χ2v) is 7.86. The lowest BCUT2D eigenvalue weighted by molar-refractivity contribution is -0.149. The van der Waals surface area contributed by atoms with Gasteiger partial charge in [0.15, 0.2) is 5.11 Å². The van der Waals surface area contributed by atoms with Crippen molar-refractivity contribution in [1.29, 1.82) is 0 Å². The molecule has 2 rings (SSSR count). The summed E-state index contributed by atoms with van der Waals surface area (Å²) in [7, 11) is 0. The third-order valence-corrected chi connectivity index (χ3v) is 5.55. The molecule has 1 heterocycles. The van der Waals surface area contributed by atoms with E-state index < -0.39 is 0 Å². The molecule has 1 aliphatic rings. The first-order valence-corrected chi connectivity index (χ1v) is 10.9. The number of hydrogen-bond acceptors (Lipinski definition) is 5. The monoisotopic (exact) mass is 470 g/mol. The number of ether oxygens (including phenoxy) is 2. The van der Waals surface area contributed by atoms with E-state index in [9.17, 15) is 9.59 Å². The fraction of sp³-hybridized carbons (Fsp3) is 0.550. The molecule has 1 aliphatic heterocycles. The highest BCUT2D eigenvalue weighted by atomic mass is 79.9. The van der Waals surface area contributed by atoms with Crippen molar-refractivity contribution < 1.29 is 19.1 Å². The second kappa shape index (κ2) is 11.4. The Morgan fingerprint density at radius 1 is 1.29 bits per heavy atom. The van der Waals surface area contributed by atoms with Crippen LogP contribution in [0.25, 0.3) is 0 Å². The molecule has 1 aromatic rings. The van der Waals surface area contributed by atoms with Gasteiger partial charge < -0.3 is 14.4 Å². The molecule has 8 heteroatoms. The molecule has 6 nitrogen and oxygen atoms in total. The number of piperidine rings is 1. The molecule has 28 heavy (non-hydrogen) atoms. The van der Waals surface area contributed by atoms with Gasteiger partial charge in [-0.3, -0.25) is 14.9 Å². The molecule has 1 amide bonds. The number of nitrogens with zero attached hydrogens (tertiary/aromatic N) is 1. The van der Waals surface area contributed by atoms with Crippen molar-refractivity contribution in [2.24, 2.45) is 5.92 Å². The van der Waals surface area contributed by atoms with Crippen LogP contribution in [0.2, 0.25) is 0 Å². The van der Waals surface area contributed by atoms with E-state index in [0.29, 0.717) is 55.6 Å². The maximum Gasteiger partial charge on any atom is 0.309 e. The average molecular weight is 471 g/mol. The van der Waals surface area contributed by atoms with E-state index in [4.69, 9.17) is 21.7 Å². The van der Waals surface area contributed by atoms with E-state index in [0.717, 1.165) is 17.3 Å². The van der Waals surface area contributed by atoms with Gasteiger partial charge in [0.2, 0.25) is 0 Å². The zero-order valence-corrected chi connectivity index (χ0v) is 18.7. The Labute approximate surface area is 180 Å². The van der Waals surface area contributed by atoms with Gasteiger partial charge in [-0.05, 0) is 72.5 Å². The maximum absolute atomic E-state index is 12.5. The van der Waals surface area contributed by atoms with Crippen molar-refractivity contribution in [3.63, 3.8) is 0 Å². The van der Waals surface area contributed by atoms with E-state index in [1.165, 1.54) is 0 Å². The summed E-state index contributed by atoms with van der Waals surface area (Å²) in [5.41, 5.74) is 0.499. The number of amides is 1. The summed E-state index contributed by atoms with van der Waals surface area (Å²) in [5.74, 6) is 0.209. The van der Waals surface area contributed by atoms with Gasteiger partial charge >= 0.3 is 5.97 Å². The predicted molar refractivity (Wildman–Crippen MR) is 116 cm³/mol. The maximum atomic E-state index is 12.5. The summed E-state index contributed by atoms with van der Waals surface area (Å²) >= 11 is 8.83. The first-order valence-electron chi connectivity index (χ1n) is 9.65. The molecule has 0 aromatic heterocycles. The van der Waals surface area contributed by atoms with Crippen LogP contribution in [-0.4, -0.2) is 48.2 Å². The molecule has 1 saturated heterocycles. The fourth-order valence-electron chi connectivity index (χ4n) is 2.91. The summed E-state index contributed by atoms with van der Waals surface area (Å²) in [4.78, 5) is 26.3. The summed E-state index contributed by atoms with van der Waals surface area (Å²) < 4.78 is 11.5. The summed E-state index contributed by atoms with van der Waals surface area (Å²) in [6, 6.07) is 5.23. The van der Waals surface area contributed by atoms with Crippen molar-refractivity contribution >= 4 is 45.1 Å². The first kappa shape index (κ1) is 22.6. The third kappa shape index (κ3) is 6.44. The SMILES string of the molecule is CCCCOc1ccc(C(=O)NC(=S)N2CCC(C(=O)OCC)CC2)cc1Br. The summed E-state index contributed by atoms with van der Waals surface area (Å²) in [6.45, 7) is 6.19.